The maximum atomic E-state index is 13.2. The van der Waals surface area contributed by atoms with Crippen molar-refractivity contribution in [3.63, 3.8) is 0 Å². The molecule has 1 aromatic carbocycles. The highest BCUT2D eigenvalue weighted by Gasteiger charge is 2.29. The van der Waals surface area contributed by atoms with E-state index in [4.69, 9.17) is 0 Å². The van der Waals surface area contributed by atoms with Gasteiger partial charge in [0.05, 0.1) is 5.56 Å². The van der Waals surface area contributed by atoms with E-state index in [1.165, 1.54) is 41.0 Å². The number of fused-ring (bicyclic) bond motifs is 1. The van der Waals surface area contributed by atoms with Crippen molar-refractivity contribution in [1.82, 2.24) is 4.90 Å². The zero-order valence-corrected chi connectivity index (χ0v) is 16.6. The molecule has 4 rings (SSSR count). The topological polar surface area (TPSA) is 23.6 Å². The maximum Gasteiger partial charge on any atom is 0.255 e. The van der Waals surface area contributed by atoms with Gasteiger partial charge in [-0.15, -0.1) is 11.3 Å². The Morgan fingerprint density at radius 3 is 2.81 bits per heavy atom. The van der Waals surface area contributed by atoms with Crippen molar-refractivity contribution in [2.45, 2.75) is 52.0 Å². The van der Waals surface area contributed by atoms with Gasteiger partial charge in [0.15, 0.2) is 0 Å². The largest absolute Gasteiger partial charge is 0.365 e. The lowest BCUT2D eigenvalue weighted by Gasteiger charge is -2.41. The molecule has 0 bridgehead atoms. The summed E-state index contributed by atoms with van der Waals surface area (Å²) in [4.78, 5) is 19.2. The molecule has 1 saturated heterocycles. The second-order valence-electron chi connectivity index (χ2n) is 7.74. The molecule has 1 aliphatic carbocycles. The van der Waals surface area contributed by atoms with Crippen LogP contribution in [0.1, 0.15) is 52.5 Å². The van der Waals surface area contributed by atoms with Gasteiger partial charge in [0.2, 0.25) is 0 Å². The van der Waals surface area contributed by atoms with Gasteiger partial charge in [0.1, 0.15) is 0 Å². The van der Waals surface area contributed by atoms with Crippen LogP contribution >= 0.6 is 11.3 Å². The first-order valence-corrected chi connectivity index (χ1v) is 10.7. The Labute approximate surface area is 160 Å². The Morgan fingerprint density at radius 1 is 1.15 bits per heavy atom. The van der Waals surface area contributed by atoms with Gasteiger partial charge in [-0.25, -0.2) is 0 Å². The normalized spacial score (nSPS) is 20.6. The molecule has 1 aliphatic heterocycles. The van der Waals surface area contributed by atoms with Gasteiger partial charge in [-0.3, -0.25) is 4.79 Å². The van der Waals surface area contributed by atoms with Gasteiger partial charge < -0.3 is 9.80 Å². The highest BCUT2D eigenvalue weighted by molar-refractivity contribution is 7.10. The number of thiophene rings is 1. The van der Waals surface area contributed by atoms with Gasteiger partial charge in [0.25, 0.3) is 5.91 Å². The number of amides is 1. The lowest BCUT2D eigenvalue weighted by Crippen LogP contribution is -2.53. The number of anilines is 1. The fourth-order valence-corrected chi connectivity index (χ4v) is 5.47. The molecule has 3 nitrogen and oxygen atoms in total. The van der Waals surface area contributed by atoms with Gasteiger partial charge >= 0.3 is 0 Å². The Balaban J connectivity index is 1.49. The van der Waals surface area contributed by atoms with Crippen LogP contribution in [0, 0.1) is 6.92 Å². The van der Waals surface area contributed by atoms with Crippen LogP contribution in [-0.4, -0.2) is 36.5 Å². The second kappa shape index (κ2) is 7.43. The molecule has 0 N–H and O–H groups in total. The van der Waals surface area contributed by atoms with Crippen LogP contribution in [-0.2, 0) is 12.8 Å². The zero-order chi connectivity index (χ0) is 18.1. The molecule has 1 amide bonds. The second-order valence-corrected chi connectivity index (χ2v) is 8.71. The minimum absolute atomic E-state index is 0.250. The van der Waals surface area contributed by atoms with E-state index < -0.39 is 0 Å². The van der Waals surface area contributed by atoms with Crippen molar-refractivity contribution >= 4 is 22.9 Å². The van der Waals surface area contributed by atoms with Crippen LogP contribution < -0.4 is 4.90 Å². The van der Waals surface area contributed by atoms with E-state index >= 15 is 0 Å². The van der Waals surface area contributed by atoms with Crippen molar-refractivity contribution < 1.29 is 4.79 Å². The highest BCUT2D eigenvalue weighted by Crippen LogP contribution is 2.31. The first-order chi connectivity index (χ1) is 12.6. The van der Waals surface area contributed by atoms with Crippen LogP contribution in [0.2, 0.25) is 0 Å². The smallest absolute Gasteiger partial charge is 0.255 e. The third-order valence-electron chi connectivity index (χ3n) is 5.79. The molecular weight excluding hydrogens is 340 g/mol. The van der Waals surface area contributed by atoms with Gasteiger partial charge in [-0.05, 0) is 62.8 Å². The summed E-state index contributed by atoms with van der Waals surface area (Å²) < 4.78 is 0. The predicted octanol–water partition coefficient (Wildman–Crippen LogP) is 4.68. The SMILES string of the molecule is Cc1cccc(N2CCN(C(=O)c3csc4c3CCCCC4)C[C@@H]2C)c1. The standard InChI is InChI=1S/C22H28N2OS/c1-16-7-6-8-18(13-16)24-12-11-23(14-17(24)2)22(25)20-15-26-21-10-5-3-4-9-19(20)21/h6-8,13,15,17H,3-5,9-12,14H2,1-2H3/t17-/m0/s1. The van der Waals surface area contributed by atoms with Gasteiger partial charge in [-0.1, -0.05) is 18.6 Å². The summed E-state index contributed by atoms with van der Waals surface area (Å²) in [6, 6.07) is 9.02. The summed E-state index contributed by atoms with van der Waals surface area (Å²) >= 11 is 1.80. The van der Waals surface area contributed by atoms with E-state index in [9.17, 15) is 4.79 Å². The molecule has 4 heteroatoms. The quantitative estimate of drug-likeness (QED) is 0.719. The highest BCUT2D eigenvalue weighted by atomic mass is 32.1. The minimum Gasteiger partial charge on any atom is -0.365 e. The van der Waals surface area contributed by atoms with E-state index in [0.717, 1.165) is 38.0 Å². The van der Waals surface area contributed by atoms with Crippen LogP contribution in [0.4, 0.5) is 5.69 Å². The average molecular weight is 369 g/mol. The molecule has 0 saturated carbocycles. The molecule has 2 heterocycles. The number of piperazine rings is 1. The van der Waals surface area contributed by atoms with Crippen molar-refractivity contribution in [2.24, 2.45) is 0 Å². The molecule has 0 spiro atoms. The lowest BCUT2D eigenvalue weighted by molar-refractivity contribution is 0.0726. The Bertz CT molecular complexity index is 797. The molecule has 0 radical (unpaired) electrons. The van der Waals surface area contributed by atoms with Crippen molar-refractivity contribution in [1.29, 1.82) is 0 Å². The first-order valence-electron chi connectivity index (χ1n) is 9.85. The van der Waals surface area contributed by atoms with E-state index in [1.54, 1.807) is 11.3 Å². The fraction of sp³-hybridized carbons (Fsp3) is 0.500. The van der Waals surface area contributed by atoms with E-state index in [2.05, 4.69) is 53.3 Å². The van der Waals surface area contributed by atoms with Crippen LogP contribution in [0.15, 0.2) is 29.6 Å². The van der Waals surface area contributed by atoms with Crippen molar-refractivity contribution in [3.05, 3.63) is 51.2 Å². The monoisotopic (exact) mass is 368 g/mol. The van der Waals surface area contributed by atoms with E-state index in [-0.39, 0.29) is 5.91 Å². The third-order valence-corrected chi connectivity index (χ3v) is 6.88. The number of rotatable bonds is 2. The Kier molecular flexibility index (Phi) is 5.03. The third kappa shape index (κ3) is 3.39. The van der Waals surface area contributed by atoms with Crippen molar-refractivity contribution in [3.8, 4) is 0 Å². The summed E-state index contributed by atoms with van der Waals surface area (Å²) in [7, 11) is 0. The predicted molar refractivity (Wildman–Crippen MR) is 109 cm³/mol. The molecule has 1 atom stereocenters. The van der Waals surface area contributed by atoms with Crippen molar-refractivity contribution in [2.75, 3.05) is 24.5 Å². The van der Waals surface area contributed by atoms with Gasteiger partial charge in [-0.2, -0.15) is 0 Å². The molecule has 1 fully saturated rings. The molecule has 2 aliphatic rings. The fourth-order valence-electron chi connectivity index (χ4n) is 4.35. The van der Waals surface area contributed by atoms with Crippen LogP contribution in [0.25, 0.3) is 0 Å². The molecular formula is C22H28N2OS. The molecule has 2 aromatic rings. The number of carbonyl (C=O) groups excluding carboxylic acids is 1. The number of hydrogen-bond donors (Lipinski definition) is 0. The number of aryl methyl sites for hydroxylation is 2. The summed E-state index contributed by atoms with van der Waals surface area (Å²) in [5.74, 6) is 0.250. The Morgan fingerprint density at radius 2 is 2.00 bits per heavy atom. The van der Waals surface area contributed by atoms with Gasteiger partial charge in [0, 0.05) is 41.6 Å². The summed E-state index contributed by atoms with van der Waals surface area (Å²) in [5.41, 5.74) is 4.90. The maximum absolute atomic E-state index is 13.2. The van der Waals surface area contributed by atoms with Crippen LogP contribution in [0.3, 0.4) is 0 Å². The number of nitrogens with zero attached hydrogens (tertiary/aromatic N) is 2. The van der Waals surface area contributed by atoms with E-state index in [1.807, 2.05) is 0 Å². The number of benzene rings is 1. The lowest BCUT2D eigenvalue weighted by atomic mass is 10.0. The molecule has 138 valence electrons. The molecule has 0 unspecified atom stereocenters. The Hall–Kier alpha value is -1.81. The zero-order valence-electron chi connectivity index (χ0n) is 15.8. The van der Waals surface area contributed by atoms with E-state index in [0.29, 0.717) is 6.04 Å². The number of hydrogen-bond acceptors (Lipinski definition) is 3. The number of carbonyl (C=O) groups is 1. The first kappa shape index (κ1) is 17.6. The molecule has 1 aromatic heterocycles. The molecule has 26 heavy (non-hydrogen) atoms. The summed E-state index contributed by atoms with van der Waals surface area (Å²) in [6.45, 7) is 6.88. The summed E-state index contributed by atoms with van der Waals surface area (Å²) in [5, 5.41) is 2.12. The minimum atomic E-state index is 0.250. The summed E-state index contributed by atoms with van der Waals surface area (Å²) in [6.07, 6.45) is 6.03. The average Bonchev–Trinajstić information content (AvgIpc) is 2.89. The van der Waals surface area contributed by atoms with Crippen LogP contribution in [0.5, 0.6) is 0 Å².